The second-order valence-corrected chi connectivity index (χ2v) is 6.19. The Hall–Kier alpha value is -2.21. The summed E-state index contributed by atoms with van der Waals surface area (Å²) in [5, 5.41) is 10.2. The number of aromatic amines is 1. The second-order valence-electron chi connectivity index (χ2n) is 5.81. The maximum atomic E-state index is 12.5. The van der Waals surface area contributed by atoms with Crippen LogP contribution in [0.25, 0.3) is 0 Å². The van der Waals surface area contributed by atoms with Crippen molar-refractivity contribution in [3.63, 3.8) is 0 Å². The van der Waals surface area contributed by atoms with Crippen molar-refractivity contribution >= 4 is 18.1 Å². The van der Waals surface area contributed by atoms with Gasteiger partial charge < -0.3 is 5.32 Å². The lowest BCUT2D eigenvalue weighted by Crippen LogP contribution is -2.31. The van der Waals surface area contributed by atoms with E-state index in [9.17, 15) is 4.79 Å². The van der Waals surface area contributed by atoms with E-state index in [1.807, 2.05) is 22.8 Å². The Morgan fingerprint density at radius 3 is 2.74 bits per heavy atom. The number of amides is 1. The average Bonchev–Trinajstić information content (AvgIpc) is 2.89. The van der Waals surface area contributed by atoms with Crippen LogP contribution >= 0.6 is 12.2 Å². The summed E-state index contributed by atoms with van der Waals surface area (Å²) in [5.74, 6) is 1.02. The number of hydrogen-bond donors (Lipinski definition) is 2. The number of H-pyrrole nitrogens is 1. The molecule has 0 radical (unpaired) electrons. The van der Waals surface area contributed by atoms with Crippen molar-refractivity contribution in [1.29, 1.82) is 0 Å². The Balaban J connectivity index is 2.29. The monoisotopic (exact) mass is 330 g/mol. The SMILES string of the molecule is C=CCn1c(C(CC(C)C)NC(=O)c2ccccc2)n[nH]c1=S. The van der Waals surface area contributed by atoms with E-state index in [1.54, 1.807) is 18.2 Å². The number of hydrogen-bond acceptors (Lipinski definition) is 3. The molecule has 0 saturated carbocycles. The average molecular weight is 330 g/mol. The van der Waals surface area contributed by atoms with Crippen molar-refractivity contribution in [3.05, 3.63) is 59.1 Å². The third-order valence-electron chi connectivity index (χ3n) is 3.46. The van der Waals surface area contributed by atoms with Crippen LogP contribution in [0.3, 0.4) is 0 Å². The Labute approximate surface area is 141 Å². The first-order chi connectivity index (χ1) is 11.0. The molecule has 1 aromatic heterocycles. The fourth-order valence-electron chi connectivity index (χ4n) is 2.43. The van der Waals surface area contributed by atoms with Crippen LogP contribution in [0.1, 0.15) is 42.5 Å². The number of rotatable bonds is 7. The number of carbonyl (C=O) groups is 1. The lowest BCUT2D eigenvalue weighted by Gasteiger charge is -2.20. The van der Waals surface area contributed by atoms with Gasteiger partial charge in [0.25, 0.3) is 5.91 Å². The highest BCUT2D eigenvalue weighted by Gasteiger charge is 2.22. The highest BCUT2D eigenvalue weighted by atomic mass is 32.1. The molecule has 0 fully saturated rings. The summed E-state index contributed by atoms with van der Waals surface area (Å²) in [4.78, 5) is 12.5. The van der Waals surface area contributed by atoms with Crippen molar-refractivity contribution in [2.24, 2.45) is 5.92 Å². The van der Waals surface area contributed by atoms with Gasteiger partial charge in [0.05, 0.1) is 6.04 Å². The predicted molar refractivity (Wildman–Crippen MR) is 93.7 cm³/mol. The third kappa shape index (κ3) is 4.39. The van der Waals surface area contributed by atoms with Crippen LogP contribution in [0.5, 0.6) is 0 Å². The van der Waals surface area contributed by atoms with Crippen molar-refractivity contribution in [2.75, 3.05) is 0 Å². The van der Waals surface area contributed by atoms with Gasteiger partial charge in [-0.1, -0.05) is 38.1 Å². The summed E-state index contributed by atoms with van der Waals surface area (Å²) >= 11 is 5.26. The van der Waals surface area contributed by atoms with Crippen molar-refractivity contribution in [2.45, 2.75) is 32.9 Å². The molecule has 0 bridgehead atoms. The molecule has 0 saturated heterocycles. The summed E-state index contributed by atoms with van der Waals surface area (Å²) in [5.41, 5.74) is 0.630. The minimum Gasteiger partial charge on any atom is -0.342 e. The summed E-state index contributed by atoms with van der Waals surface area (Å²) in [6.45, 7) is 8.53. The number of allylic oxidation sites excluding steroid dienone is 1. The Morgan fingerprint density at radius 2 is 2.13 bits per heavy atom. The maximum Gasteiger partial charge on any atom is 0.251 e. The molecule has 1 heterocycles. The molecular formula is C17H22N4OS. The van der Waals surface area contributed by atoms with Crippen molar-refractivity contribution in [3.8, 4) is 0 Å². The van der Waals surface area contributed by atoms with Crippen LogP contribution in [-0.2, 0) is 6.54 Å². The van der Waals surface area contributed by atoms with Crippen molar-refractivity contribution in [1.82, 2.24) is 20.1 Å². The largest absolute Gasteiger partial charge is 0.342 e. The number of aromatic nitrogens is 3. The van der Waals surface area contributed by atoms with E-state index in [4.69, 9.17) is 12.2 Å². The Kier molecular flexibility index (Phi) is 5.87. The van der Waals surface area contributed by atoms with E-state index in [-0.39, 0.29) is 11.9 Å². The second kappa shape index (κ2) is 7.87. The van der Waals surface area contributed by atoms with E-state index >= 15 is 0 Å². The van der Waals surface area contributed by atoms with Gasteiger partial charge in [0, 0.05) is 12.1 Å². The molecule has 5 nitrogen and oxygen atoms in total. The zero-order valence-electron chi connectivity index (χ0n) is 13.5. The van der Waals surface area contributed by atoms with Gasteiger partial charge in [-0.2, -0.15) is 5.10 Å². The third-order valence-corrected chi connectivity index (χ3v) is 3.77. The van der Waals surface area contributed by atoms with Gasteiger partial charge in [0.1, 0.15) is 0 Å². The number of carbonyl (C=O) groups excluding carboxylic acids is 1. The fourth-order valence-corrected chi connectivity index (χ4v) is 2.65. The van der Waals surface area contributed by atoms with Gasteiger partial charge in [-0.3, -0.25) is 14.5 Å². The minimum atomic E-state index is -0.212. The predicted octanol–water partition coefficient (Wildman–Crippen LogP) is 3.64. The first kappa shape index (κ1) is 17.1. The molecule has 2 rings (SSSR count). The summed E-state index contributed by atoms with van der Waals surface area (Å²) in [6.07, 6.45) is 2.54. The lowest BCUT2D eigenvalue weighted by molar-refractivity contribution is 0.0929. The minimum absolute atomic E-state index is 0.115. The van der Waals surface area contributed by atoms with Crippen LogP contribution in [0.15, 0.2) is 43.0 Å². The molecule has 1 atom stereocenters. The van der Waals surface area contributed by atoms with Gasteiger partial charge in [-0.15, -0.1) is 6.58 Å². The number of nitrogens with one attached hydrogen (secondary N) is 2. The van der Waals surface area contributed by atoms with E-state index in [2.05, 4.69) is 35.9 Å². The van der Waals surface area contributed by atoms with Crippen LogP contribution in [0.2, 0.25) is 0 Å². The molecule has 0 aliphatic rings. The van der Waals surface area contributed by atoms with E-state index in [0.29, 0.717) is 22.8 Å². The van der Waals surface area contributed by atoms with Gasteiger partial charge in [0.2, 0.25) is 0 Å². The zero-order chi connectivity index (χ0) is 16.8. The molecule has 1 amide bonds. The van der Waals surface area contributed by atoms with Crippen LogP contribution in [-0.4, -0.2) is 20.7 Å². The van der Waals surface area contributed by atoms with Gasteiger partial charge >= 0.3 is 0 Å². The molecule has 23 heavy (non-hydrogen) atoms. The van der Waals surface area contributed by atoms with Gasteiger partial charge in [0.15, 0.2) is 10.6 Å². The Morgan fingerprint density at radius 1 is 1.43 bits per heavy atom. The maximum absolute atomic E-state index is 12.5. The number of nitrogens with zero attached hydrogens (tertiary/aromatic N) is 2. The van der Waals surface area contributed by atoms with Crippen LogP contribution in [0, 0.1) is 10.7 Å². The standard InChI is InChI=1S/C17H22N4OS/c1-4-10-21-15(19-20-17(21)23)14(11-12(2)3)18-16(22)13-8-6-5-7-9-13/h4-9,12,14H,1,10-11H2,2-3H3,(H,18,22)(H,20,23). The Bertz CT molecular complexity index is 718. The summed E-state index contributed by atoms with van der Waals surface area (Å²) in [7, 11) is 0. The van der Waals surface area contributed by atoms with E-state index in [1.165, 1.54) is 0 Å². The molecule has 0 spiro atoms. The number of benzene rings is 1. The molecule has 6 heteroatoms. The lowest BCUT2D eigenvalue weighted by atomic mass is 10.0. The fraction of sp³-hybridized carbons (Fsp3) is 0.353. The molecule has 1 unspecified atom stereocenters. The first-order valence-electron chi connectivity index (χ1n) is 7.64. The highest BCUT2D eigenvalue weighted by Crippen LogP contribution is 2.20. The normalized spacial score (nSPS) is 12.1. The van der Waals surface area contributed by atoms with Crippen molar-refractivity contribution < 1.29 is 4.79 Å². The molecular weight excluding hydrogens is 308 g/mol. The molecule has 0 aliphatic carbocycles. The molecule has 2 N–H and O–H groups in total. The van der Waals surface area contributed by atoms with E-state index in [0.717, 1.165) is 12.2 Å². The molecule has 0 aliphatic heterocycles. The highest BCUT2D eigenvalue weighted by molar-refractivity contribution is 7.71. The summed E-state index contributed by atoms with van der Waals surface area (Å²) < 4.78 is 2.39. The zero-order valence-corrected chi connectivity index (χ0v) is 14.3. The smallest absolute Gasteiger partial charge is 0.251 e. The topological polar surface area (TPSA) is 62.7 Å². The quantitative estimate of drug-likeness (QED) is 0.602. The van der Waals surface area contributed by atoms with Crippen LogP contribution < -0.4 is 5.32 Å². The van der Waals surface area contributed by atoms with Crippen LogP contribution in [0.4, 0.5) is 0 Å². The summed E-state index contributed by atoms with van der Waals surface area (Å²) in [6, 6.07) is 8.96. The van der Waals surface area contributed by atoms with Gasteiger partial charge in [-0.25, -0.2) is 0 Å². The molecule has 2 aromatic rings. The van der Waals surface area contributed by atoms with Gasteiger partial charge in [-0.05, 0) is 36.7 Å². The molecule has 1 aromatic carbocycles. The van der Waals surface area contributed by atoms with E-state index < -0.39 is 0 Å². The first-order valence-corrected chi connectivity index (χ1v) is 8.05. The molecule has 122 valence electrons.